The SMILES string of the molecule is CC(C)(C)NC(=O)c1c(CC(=O)[C@H](Cc2ccccc2)NC(=O)OCc2ccccc2)ccc2ccccc12. The zero-order chi connectivity index (χ0) is 27.8. The van der Waals surface area contributed by atoms with Gasteiger partial charge in [-0.05, 0) is 54.7 Å². The van der Waals surface area contributed by atoms with Crippen molar-refractivity contribution in [2.45, 2.75) is 51.8 Å². The van der Waals surface area contributed by atoms with Crippen LogP contribution in [0.25, 0.3) is 10.8 Å². The summed E-state index contributed by atoms with van der Waals surface area (Å²) in [6.45, 7) is 5.85. The van der Waals surface area contributed by atoms with Gasteiger partial charge in [-0.3, -0.25) is 9.59 Å². The maximum absolute atomic E-state index is 13.7. The van der Waals surface area contributed by atoms with E-state index in [0.29, 0.717) is 17.5 Å². The van der Waals surface area contributed by atoms with Crippen LogP contribution in [-0.2, 0) is 29.0 Å². The zero-order valence-electron chi connectivity index (χ0n) is 22.6. The molecule has 2 N–H and O–H groups in total. The summed E-state index contributed by atoms with van der Waals surface area (Å²) in [7, 11) is 0. The Labute approximate surface area is 229 Å². The third kappa shape index (κ3) is 7.77. The van der Waals surface area contributed by atoms with E-state index in [9.17, 15) is 14.4 Å². The van der Waals surface area contributed by atoms with Gasteiger partial charge in [-0.15, -0.1) is 0 Å². The standard InChI is InChI=1S/C33H34N2O4/c1-33(2,3)35-31(37)30-26(19-18-25-16-10-11-17-27(25)30)21-29(36)28(20-23-12-6-4-7-13-23)34-32(38)39-22-24-14-8-5-9-15-24/h4-19,28H,20-22H2,1-3H3,(H,34,38)(H,35,37)/t28-/m0/s1. The van der Waals surface area contributed by atoms with E-state index in [2.05, 4.69) is 10.6 Å². The Kier molecular flexibility index (Phi) is 8.77. The van der Waals surface area contributed by atoms with Gasteiger partial charge in [0, 0.05) is 12.0 Å². The topological polar surface area (TPSA) is 84.5 Å². The smallest absolute Gasteiger partial charge is 0.408 e. The van der Waals surface area contributed by atoms with Crippen molar-refractivity contribution >= 4 is 28.6 Å². The lowest BCUT2D eigenvalue weighted by atomic mass is 9.91. The Balaban J connectivity index is 1.59. The van der Waals surface area contributed by atoms with E-state index in [0.717, 1.165) is 21.9 Å². The first-order valence-electron chi connectivity index (χ1n) is 13.1. The van der Waals surface area contributed by atoms with Crippen LogP contribution in [0.4, 0.5) is 4.79 Å². The van der Waals surface area contributed by atoms with Crippen LogP contribution in [-0.4, -0.2) is 29.4 Å². The van der Waals surface area contributed by atoms with E-state index in [1.54, 1.807) is 0 Å². The second-order valence-corrected chi connectivity index (χ2v) is 10.6. The monoisotopic (exact) mass is 522 g/mol. The summed E-state index contributed by atoms with van der Waals surface area (Å²) in [6.07, 6.45) is -0.386. The highest BCUT2D eigenvalue weighted by Gasteiger charge is 2.26. The molecule has 0 bridgehead atoms. The molecule has 0 aliphatic carbocycles. The number of nitrogens with one attached hydrogen (secondary N) is 2. The lowest BCUT2D eigenvalue weighted by Crippen LogP contribution is -2.44. The molecule has 4 aromatic carbocycles. The summed E-state index contributed by atoms with van der Waals surface area (Å²) in [5, 5.41) is 7.49. The third-order valence-corrected chi connectivity index (χ3v) is 6.27. The predicted molar refractivity (Wildman–Crippen MR) is 154 cm³/mol. The summed E-state index contributed by atoms with van der Waals surface area (Å²) < 4.78 is 5.40. The van der Waals surface area contributed by atoms with Gasteiger partial charge in [0.1, 0.15) is 6.61 Å². The Morgan fingerprint density at radius 2 is 1.38 bits per heavy atom. The molecule has 0 aliphatic heterocycles. The highest BCUT2D eigenvalue weighted by Crippen LogP contribution is 2.24. The molecule has 0 saturated carbocycles. The van der Waals surface area contributed by atoms with Crippen molar-refractivity contribution in [3.8, 4) is 0 Å². The molecule has 0 unspecified atom stereocenters. The van der Waals surface area contributed by atoms with E-state index in [1.807, 2.05) is 118 Å². The van der Waals surface area contributed by atoms with Gasteiger partial charge in [0.2, 0.25) is 0 Å². The first kappa shape index (κ1) is 27.6. The zero-order valence-corrected chi connectivity index (χ0v) is 22.6. The Morgan fingerprint density at radius 1 is 0.769 bits per heavy atom. The lowest BCUT2D eigenvalue weighted by molar-refractivity contribution is -0.120. The van der Waals surface area contributed by atoms with E-state index >= 15 is 0 Å². The minimum Gasteiger partial charge on any atom is -0.445 e. The summed E-state index contributed by atoms with van der Waals surface area (Å²) in [6, 6.07) is 29.4. The van der Waals surface area contributed by atoms with Crippen LogP contribution in [0.5, 0.6) is 0 Å². The van der Waals surface area contributed by atoms with Crippen molar-refractivity contribution in [3.05, 3.63) is 119 Å². The molecular formula is C33H34N2O4. The van der Waals surface area contributed by atoms with Crippen LogP contribution in [0.3, 0.4) is 0 Å². The molecule has 0 radical (unpaired) electrons. The molecule has 0 aromatic heterocycles. The molecule has 0 fully saturated rings. The molecule has 0 saturated heterocycles. The van der Waals surface area contributed by atoms with Gasteiger partial charge in [0.15, 0.2) is 5.78 Å². The van der Waals surface area contributed by atoms with Crippen molar-refractivity contribution in [2.24, 2.45) is 0 Å². The van der Waals surface area contributed by atoms with Crippen LogP contribution in [0.1, 0.15) is 47.8 Å². The fourth-order valence-electron chi connectivity index (χ4n) is 4.45. The highest BCUT2D eigenvalue weighted by atomic mass is 16.5. The number of hydrogen-bond donors (Lipinski definition) is 2. The Bertz CT molecular complexity index is 1440. The number of rotatable bonds is 9. The van der Waals surface area contributed by atoms with Crippen molar-refractivity contribution in [1.82, 2.24) is 10.6 Å². The molecule has 1 atom stereocenters. The number of amides is 2. The van der Waals surface area contributed by atoms with Crippen LogP contribution >= 0.6 is 0 Å². The van der Waals surface area contributed by atoms with Crippen LogP contribution in [0.15, 0.2) is 97.1 Å². The number of carbonyl (C=O) groups excluding carboxylic acids is 3. The van der Waals surface area contributed by atoms with Gasteiger partial charge in [-0.25, -0.2) is 4.79 Å². The third-order valence-electron chi connectivity index (χ3n) is 6.27. The molecule has 39 heavy (non-hydrogen) atoms. The summed E-state index contributed by atoms with van der Waals surface area (Å²) in [5.74, 6) is -0.451. The van der Waals surface area contributed by atoms with E-state index in [-0.39, 0.29) is 24.7 Å². The highest BCUT2D eigenvalue weighted by molar-refractivity contribution is 6.09. The number of benzene rings is 4. The number of Topliss-reactive ketones (excluding diaryl/α,β-unsaturated/α-hetero) is 1. The second kappa shape index (κ2) is 12.4. The van der Waals surface area contributed by atoms with Crippen molar-refractivity contribution in [3.63, 3.8) is 0 Å². The van der Waals surface area contributed by atoms with Gasteiger partial charge in [0.05, 0.1) is 11.6 Å². The number of hydrogen-bond acceptors (Lipinski definition) is 4. The first-order chi connectivity index (χ1) is 18.7. The molecule has 4 aromatic rings. The fraction of sp³-hybridized carbons (Fsp3) is 0.242. The minimum atomic E-state index is -0.833. The first-order valence-corrected chi connectivity index (χ1v) is 13.1. The summed E-state index contributed by atoms with van der Waals surface area (Å²) >= 11 is 0. The number of ether oxygens (including phenoxy) is 1. The average molecular weight is 523 g/mol. The summed E-state index contributed by atoms with van der Waals surface area (Å²) in [4.78, 5) is 39.9. The van der Waals surface area contributed by atoms with E-state index < -0.39 is 17.7 Å². The molecule has 200 valence electrons. The maximum Gasteiger partial charge on any atom is 0.408 e. The van der Waals surface area contributed by atoms with Gasteiger partial charge < -0.3 is 15.4 Å². The molecule has 0 spiro atoms. The minimum absolute atomic E-state index is 0.0196. The van der Waals surface area contributed by atoms with Crippen LogP contribution in [0.2, 0.25) is 0 Å². The Morgan fingerprint density at radius 3 is 2.05 bits per heavy atom. The van der Waals surface area contributed by atoms with Crippen molar-refractivity contribution in [1.29, 1.82) is 0 Å². The van der Waals surface area contributed by atoms with Gasteiger partial charge >= 0.3 is 6.09 Å². The quantitative estimate of drug-likeness (QED) is 0.282. The fourth-order valence-corrected chi connectivity index (χ4v) is 4.45. The molecule has 6 nitrogen and oxygen atoms in total. The molecule has 0 aliphatic rings. The van der Waals surface area contributed by atoms with Crippen LogP contribution in [0, 0.1) is 0 Å². The normalized spacial score (nSPS) is 12.0. The van der Waals surface area contributed by atoms with Gasteiger partial charge in [0.25, 0.3) is 5.91 Å². The molecule has 4 rings (SSSR count). The second-order valence-electron chi connectivity index (χ2n) is 10.6. The van der Waals surface area contributed by atoms with Gasteiger partial charge in [-0.1, -0.05) is 97.1 Å². The number of ketones is 1. The van der Waals surface area contributed by atoms with Crippen molar-refractivity contribution < 1.29 is 19.1 Å². The molecular weight excluding hydrogens is 488 g/mol. The van der Waals surface area contributed by atoms with Crippen LogP contribution < -0.4 is 10.6 Å². The number of alkyl carbamates (subject to hydrolysis) is 1. The Hall–Kier alpha value is -4.45. The van der Waals surface area contributed by atoms with E-state index in [4.69, 9.17) is 4.74 Å². The lowest BCUT2D eigenvalue weighted by Gasteiger charge is -2.23. The van der Waals surface area contributed by atoms with Crippen molar-refractivity contribution in [2.75, 3.05) is 0 Å². The predicted octanol–water partition coefficient (Wildman–Crippen LogP) is 6.02. The number of fused-ring (bicyclic) bond motifs is 1. The average Bonchev–Trinajstić information content (AvgIpc) is 2.91. The summed E-state index contributed by atoms with van der Waals surface area (Å²) in [5.41, 5.74) is 2.39. The van der Waals surface area contributed by atoms with E-state index in [1.165, 1.54) is 0 Å². The molecule has 6 heteroatoms. The maximum atomic E-state index is 13.7. The largest absolute Gasteiger partial charge is 0.445 e. The van der Waals surface area contributed by atoms with Gasteiger partial charge in [-0.2, -0.15) is 0 Å². The molecule has 2 amide bonds. The molecule has 0 heterocycles. The number of carbonyl (C=O) groups is 3.